The van der Waals surface area contributed by atoms with Crippen molar-refractivity contribution in [3.63, 3.8) is 0 Å². The summed E-state index contributed by atoms with van der Waals surface area (Å²) < 4.78 is 85.8. The van der Waals surface area contributed by atoms with Crippen LogP contribution in [0, 0.1) is 5.92 Å². The molecule has 0 unspecified atom stereocenters. The third-order valence-corrected chi connectivity index (χ3v) is 7.75. The molecule has 0 spiro atoms. The van der Waals surface area contributed by atoms with E-state index >= 15 is 0 Å². The molecule has 0 amide bonds. The van der Waals surface area contributed by atoms with E-state index in [9.17, 15) is 26.4 Å². The third-order valence-electron chi connectivity index (χ3n) is 6.77. The van der Waals surface area contributed by atoms with E-state index < -0.39 is 27.3 Å². The van der Waals surface area contributed by atoms with Gasteiger partial charge in [-0.25, -0.2) is 4.79 Å². The van der Waals surface area contributed by atoms with Crippen LogP contribution >= 0.6 is 0 Å². The number of ether oxygens (including phenoxy) is 3. The summed E-state index contributed by atoms with van der Waals surface area (Å²) in [6.07, 6.45) is 2.18. The van der Waals surface area contributed by atoms with Crippen molar-refractivity contribution in [1.29, 1.82) is 0 Å². The molecule has 1 saturated carbocycles. The molecule has 0 atom stereocenters. The molecule has 5 rings (SSSR count). The van der Waals surface area contributed by atoms with Gasteiger partial charge in [0, 0.05) is 23.0 Å². The summed E-state index contributed by atoms with van der Waals surface area (Å²) in [4.78, 5) is 13.5. The molecule has 4 aromatic rings. The Morgan fingerprint density at radius 3 is 2.40 bits per heavy atom. The Bertz CT molecular complexity index is 1730. The van der Waals surface area contributed by atoms with Gasteiger partial charge in [0.05, 0.1) is 20.3 Å². The van der Waals surface area contributed by atoms with Gasteiger partial charge in [-0.05, 0) is 79.3 Å². The second-order valence-electron chi connectivity index (χ2n) is 9.83. The van der Waals surface area contributed by atoms with Crippen molar-refractivity contribution in [2.24, 2.45) is 5.92 Å². The fourth-order valence-corrected chi connectivity index (χ4v) is 5.07. The Morgan fingerprint density at radius 1 is 0.976 bits per heavy atom. The molecule has 0 N–H and O–H groups in total. The van der Waals surface area contributed by atoms with E-state index in [1.165, 1.54) is 19.2 Å². The van der Waals surface area contributed by atoms with Gasteiger partial charge in [0.2, 0.25) is 0 Å². The van der Waals surface area contributed by atoms with E-state index in [-0.39, 0.29) is 24.2 Å². The first-order valence-corrected chi connectivity index (χ1v) is 14.6. The summed E-state index contributed by atoms with van der Waals surface area (Å²) in [5.74, 6) is 0.409. The van der Waals surface area contributed by atoms with Crippen LogP contribution in [0.3, 0.4) is 0 Å². The minimum atomic E-state index is -5.93. The van der Waals surface area contributed by atoms with Crippen LogP contribution in [-0.4, -0.2) is 44.8 Å². The quantitative estimate of drug-likeness (QED) is 0.109. The number of carbonyl (C=O) groups is 1. The Morgan fingerprint density at radius 2 is 1.71 bits per heavy atom. The number of nitrogens with zero attached hydrogens (tertiary/aromatic N) is 1. The summed E-state index contributed by atoms with van der Waals surface area (Å²) in [7, 11) is -4.40. The summed E-state index contributed by atoms with van der Waals surface area (Å²) in [5, 5.41) is 0.287. The number of carbonyl (C=O) groups excluding carboxylic acids is 1. The number of halogens is 3. The second-order valence-corrected chi connectivity index (χ2v) is 11.4. The molecule has 1 aliphatic rings. The van der Waals surface area contributed by atoms with Gasteiger partial charge in [0.15, 0.2) is 0 Å². The number of rotatable bonds is 11. The van der Waals surface area contributed by atoms with E-state index in [1.54, 1.807) is 54.0 Å². The van der Waals surface area contributed by atoms with Crippen molar-refractivity contribution in [1.82, 2.24) is 4.57 Å². The molecular weight excluding hydrogens is 575 g/mol. The average Bonchev–Trinajstić information content (AvgIpc) is 3.73. The van der Waals surface area contributed by atoms with Crippen LogP contribution in [0.2, 0.25) is 0 Å². The average molecular weight is 604 g/mol. The molecule has 222 valence electrons. The van der Waals surface area contributed by atoms with Crippen molar-refractivity contribution >= 4 is 27.0 Å². The van der Waals surface area contributed by atoms with E-state index in [1.807, 2.05) is 6.07 Å². The zero-order valence-electron chi connectivity index (χ0n) is 22.8. The number of alkyl halides is 3. The summed E-state index contributed by atoms with van der Waals surface area (Å²) >= 11 is 0. The Labute approximate surface area is 240 Å². The molecule has 12 heteroatoms. The molecule has 8 nitrogen and oxygen atoms in total. The van der Waals surface area contributed by atoms with Crippen molar-refractivity contribution in [3.05, 3.63) is 78.0 Å². The zero-order valence-corrected chi connectivity index (χ0v) is 23.6. The molecule has 0 saturated heterocycles. The molecule has 0 aliphatic heterocycles. The molecule has 42 heavy (non-hydrogen) atoms. The van der Waals surface area contributed by atoms with Gasteiger partial charge < -0.3 is 23.0 Å². The molecule has 1 heterocycles. The van der Waals surface area contributed by atoms with E-state index in [0.717, 1.165) is 24.5 Å². The monoisotopic (exact) mass is 603 g/mol. The molecule has 3 aromatic carbocycles. The fourth-order valence-electron chi connectivity index (χ4n) is 4.62. The number of hydrogen-bond donors (Lipinski definition) is 0. The van der Waals surface area contributed by atoms with Gasteiger partial charge in [0.25, 0.3) is 0 Å². The lowest BCUT2D eigenvalue weighted by atomic mass is 10.0. The lowest BCUT2D eigenvalue weighted by Crippen LogP contribution is -2.28. The molecule has 1 aliphatic carbocycles. The van der Waals surface area contributed by atoms with Crippen molar-refractivity contribution in [2.45, 2.75) is 31.8 Å². The number of methoxy groups -OCH3 is 1. The molecule has 0 bridgehead atoms. The van der Waals surface area contributed by atoms with Crippen molar-refractivity contribution in [3.8, 4) is 28.4 Å². The highest BCUT2D eigenvalue weighted by molar-refractivity contribution is 7.88. The Balaban J connectivity index is 1.72. The first-order chi connectivity index (χ1) is 20.0. The fraction of sp³-hybridized carbons (Fsp3) is 0.300. The highest BCUT2D eigenvalue weighted by Crippen LogP contribution is 2.40. The maximum Gasteiger partial charge on any atom is 0.534 e. The minimum absolute atomic E-state index is 0.0711. The second kappa shape index (κ2) is 11.6. The van der Waals surface area contributed by atoms with Crippen LogP contribution in [0.4, 0.5) is 13.2 Å². The number of aromatic nitrogens is 1. The zero-order chi connectivity index (χ0) is 30.1. The number of fused-ring (bicyclic) bond motifs is 1. The van der Waals surface area contributed by atoms with Gasteiger partial charge in [-0.3, -0.25) is 0 Å². The van der Waals surface area contributed by atoms with Gasteiger partial charge in [-0.15, -0.1) is 0 Å². The Kier molecular flexibility index (Phi) is 8.09. The lowest BCUT2D eigenvalue weighted by molar-refractivity contribution is -0.0500. The van der Waals surface area contributed by atoms with E-state index in [0.29, 0.717) is 40.7 Å². The molecule has 0 radical (unpaired) electrons. The first-order valence-electron chi connectivity index (χ1n) is 13.2. The Hall–Kier alpha value is -4.19. The SMILES string of the molecule is CCOC(=O)c1c(-c2cccc(OCC3CC3)c2)c2cc(OS(=O)(=O)C(F)(F)F)ccc2n1Cc1cccc(OC)c1. The maximum atomic E-state index is 13.5. The summed E-state index contributed by atoms with van der Waals surface area (Å²) in [6.45, 7) is 2.44. The van der Waals surface area contributed by atoms with Crippen LogP contribution in [-0.2, 0) is 21.4 Å². The maximum absolute atomic E-state index is 13.5. The van der Waals surface area contributed by atoms with Gasteiger partial charge >= 0.3 is 21.6 Å². The van der Waals surface area contributed by atoms with Crippen molar-refractivity contribution < 1.29 is 44.8 Å². The molecule has 1 aromatic heterocycles. The third kappa shape index (κ3) is 6.18. The predicted molar refractivity (Wildman–Crippen MR) is 149 cm³/mol. The highest BCUT2D eigenvalue weighted by atomic mass is 32.2. The normalized spacial score (nSPS) is 13.6. The van der Waals surface area contributed by atoms with Crippen LogP contribution in [0.25, 0.3) is 22.0 Å². The topological polar surface area (TPSA) is 93.1 Å². The smallest absolute Gasteiger partial charge is 0.497 e. The van der Waals surface area contributed by atoms with Crippen LogP contribution in [0.5, 0.6) is 17.2 Å². The summed E-state index contributed by atoms with van der Waals surface area (Å²) in [5.41, 5.74) is -3.42. The van der Waals surface area contributed by atoms with E-state index in [2.05, 4.69) is 4.18 Å². The van der Waals surface area contributed by atoms with Gasteiger partial charge in [0.1, 0.15) is 22.9 Å². The van der Waals surface area contributed by atoms with Gasteiger partial charge in [-0.2, -0.15) is 21.6 Å². The van der Waals surface area contributed by atoms with Crippen LogP contribution < -0.4 is 13.7 Å². The van der Waals surface area contributed by atoms with E-state index in [4.69, 9.17) is 14.2 Å². The predicted octanol–water partition coefficient (Wildman–Crippen LogP) is 6.56. The summed E-state index contributed by atoms with van der Waals surface area (Å²) in [6, 6.07) is 17.9. The van der Waals surface area contributed by atoms with Crippen LogP contribution in [0.15, 0.2) is 66.7 Å². The number of esters is 1. The van der Waals surface area contributed by atoms with Gasteiger partial charge in [-0.1, -0.05) is 24.3 Å². The largest absolute Gasteiger partial charge is 0.534 e. The highest BCUT2D eigenvalue weighted by Gasteiger charge is 2.48. The first kappa shape index (κ1) is 29.3. The molecular formula is C30H28F3NO7S. The lowest BCUT2D eigenvalue weighted by Gasteiger charge is -2.13. The van der Waals surface area contributed by atoms with Crippen molar-refractivity contribution in [2.75, 3.05) is 20.3 Å². The minimum Gasteiger partial charge on any atom is -0.497 e. The standard InChI is InChI=1S/C30H28F3NO7S/c1-3-39-29(35)28-27(21-7-5-9-23(15-21)40-18-19-10-11-19)25-16-24(41-42(36,37)30(31,32)33)12-13-26(25)34(28)17-20-6-4-8-22(14-20)38-2/h4-9,12-16,19H,3,10-11,17-18H2,1-2H3. The molecule has 1 fully saturated rings. The number of benzene rings is 3. The number of hydrogen-bond acceptors (Lipinski definition) is 7. The van der Waals surface area contributed by atoms with Crippen LogP contribution in [0.1, 0.15) is 35.8 Å².